The van der Waals surface area contributed by atoms with Crippen LogP contribution in [0.4, 0.5) is 0 Å². The van der Waals surface area contributed by atoms with Crippen molar-refractivity contribution in [1.29, 1.82) is 0 Å². The van der Waals surface area contributed by atoms with Gasteiger partial charge in [-0.05, 0) is 74.6 Å². The molecule has 0 N–H and O–H groups in total. The molecule has 5 rings (SSSR count). The smallest absolute Gasteiger partial charge is 0.173 e. The quantitative estimate of drug-likeness (QED) is 0.389. The van der Waals surface area contributed by atoms with Gasteiger partial charge in [0, 0.05) is 17.2 Å². The Morgan fingerprint density at radius 3 is 2.66 bits per heavy atom. The summed E-state index contributed by atoms with van der Waals surface area (Å²) < 4.78 is 12.7. The molecule has 4 aromatic rings. The Balaban J connectivity index is 1.46. The molecular formula is C24H25N5O2S. The van der Waals surface area contributed by atoms with Crippen LogP contribution in [0.25, 0.3) is 33.0 Å². The second kappa shape index (κ2) is 7.78. The first-order valence-electron chi connectivity index (χ1n) is 11.0. The van der Waals surface area contributed by atoms with Gasteiger partial charge in [0.2, 0.25) is 0 Å². The lowest BCUT2D eigenvalue weighted by Crippen LogP contribution is -2.40. The number of ketones is 1. The van der Waals surface area contributed by atoms with E-state index < -0.39 is 5.60 Å². The summed E-state index contributed by atoms with van der Waals surface area (Å²) >= 11 is 1.32. The Labute approximate surface area is 190 Å². The first-order valence-corrected chi connectivity index (χ1v) is 11.8. The highest BCUT2D eigenvalue weighted by Crippen LogP contribution is 2.39. The standard InChI is InChI=1S/C24H25N5O2S/c1-5-24(6-2)13-20(30)17-11-16(8-10-21(17)31-24)23-25-22(27-32-23)15-7-9-19-18(12-15)26-28-29(19)14(3)4/h7-12,14H,5-6,13H2,1-4H3. The van der Waals surface area contributed by atoms with Crippen LogP contribution < -0.4 is 4.74 Å². The van der Waals surface area contributed by atoms with Crippen LogP contribution in [-0.4, -0.2) is 35.7 Å². The Morgan fingerprint density at radius 1 is 1.12 bits per heavy atom. The van der Waals surface area contributed by atoms with E-state index in [2.05, 4.69) is 42.4 Å². The molecule has 164 valence electrons. The summed E-state index contributed by atoms with van der Waals surface area (Å²) in [5.74, 6) is 1.43. The average molecular weight is 448 g/mol. The SMILES string of the molecule is CCC1(CC)CC(=O)c2cc(-c3nc(-c4ccc5c(c4)nnn5C(C)C)ns3)ccc2O1. The van der Waals surface area contributed by atoms with Crippen molar-refractivity contribution >= 4 is 28.3 Å². The third kappa shape index (κ3) is 3.39. The zero-order valence-electron chi connectivity index (χ0n) is 18.6. The van der Waals surface area contributed by atoms with Crippen LogP contribution >= 0.6 is 11.5 Å². The molecule has 0 aliphatic carbocycles. The first kappa shape index (κ1) is 20.8. The van der Waals surface area contributed by atoms with Gasteiger partial charge in [-0.15, -0.1) is 5.10 Å². The maximum absolute atomic E-state index is 12.9. The average Bonchev–Trinajstić information content (AvgIpc) is 3.46. The number of benzene rings is 2. The van der Waals surface area contributed by atoms with E-state index in [1.54, 1.807) is 0 Å². The van der Waals surface area contributed by atoms with Crippen LogP contribution in [0.15, 0.2) is 36.4 Å². The van der Waals surface area contributed by atoms with Crippen LogP contribution in [-0.2, 0) is 0 Å². The molecule has 2 aromatic heterocycles. The van der Waals surface area contributed by atoms with Crippen molar-refractivity contribution in [3.8, 4) is 27.7 Å². The summed E-state index contributed by atoms with van der Waals surface area (Å²) in [6.07, 6.45) is 2.03. The summed E-state index contributed by atoms with van der Waals surface area (Å²) in [5, 5.41) is 9.29. The monoisotopic (exact) mass is 447 g/mol. The molecule has 1 aliphatic heterocycles. The van der Waals surface area contributed by atoms with Crippen LogP contribution in [0.3, 0.4) is 0 Å². The number of ether oxygens (including phenoxy) is 1. The van der Waals surface area contributed by atoms with Crippen LogP contribution in [0, 0.1) is 0 Å². The van der Waals surface area contributed by atoms with Crippen molar-refractivity contribution in [1.82, 2.24) is 24.4 Å². The van der Waals surface area contributed by atoms with Gasteiger partial charge in [0.05, 0.1) is 17.5 Å². The van der Waals surface area contributed by atoms with Crippen molar-refractivity contribution in [2.75, 3.05) is 0 Å². The third-order valence-electron chi connectivity index (χ3n) is 6.27. The molecule has 0 atom stereocenters. The van der Waals surface area contributed by atoms with E-state index in [4.69, 9.17) is 9.72 Å². The number of nitrogens with zero attached hydrogens (tertiary/aromatic N) is 5. The van der Waals surface area contributed by atoms with Gasteiger partial charge in [-0.2, -0.15) is 4.37 Å². The van der Waals surface area contributed by atoms with E-state index in [-0.39, 0.29) is 11.8 Å². The summed E-state index contributed by atoms with van der Waals surface area (Å²) in [4.78, 5) is 17.6. The van der Waals surface area contributed by atoms with Gasteiger partial charge in [-0.1, -0.05) is 19.1 Å². The molecule has 0 bridgehead atoms. The van der Waals surface area contributed by atoms with Crippen molar-refractivity contribution in [3.05, 3.63) is 42.0 Å². The van der Waals surface area contributed by atoms with Crippen LogP contribution in [0.2, 0.25) is 0 Å². The molecular weight excluding hydrogens is 422 g/mol. The topological polar surface area (TPSA) is 82.8 Å². The Kier molecular flexibility index (Phi) is 5.04. The molecule has 0 saturated carbocycles. The number of Topliss-reactive ketones (excluding diaryl/α,β-unsaturated/α-hetero) is 1. The van der Waals surface area contributed by atoms with E-state index in [1.165, 1.54) is 11.5 Å². The zero-order valence-corrected chi connectivity index (χ0v) is 19.4. The lowest BCUT2D eigenvalue weighted by atomic mass is 9.85. The van der Waals surface area contributed by atoms with Gasteiger partial charge < -0.3 is 4.74 Å². The summed E-state index contributed by atoms with van der Waals surface area (Å²) in [5.41, 5.74) is 3.81. The van der Waals surface area contributed by atoms with Crippen molar-refractivity contribution in [3.63, 3.8) is 0 Å². The number of carbonyl (C=O) groups is 1. The molecule has 2 aromatic carbocycles. The Hall–Kier alpha value is -3.13. The van der Waals surface area contributed by atoms with E-state index in [0.29, 0.717) is 23.6 Å². The number of aromatic nitrogens is 5. The van der Waals surface area contributed by atoms with Gasteiger partial charge in [-0.3, -0.25) is 4.79 Å². The van der Waals surface area contributed by atoms with Gasteiger partial charge in [0.15, 0.2) is 11.6 Å². The molecule has 1 aliphatic rings. The minimum Gasteiger partial charge on any atom is -0.486 e. The van der Waals surface area contributed by atoms with E-state index in [1.807, 2.05) is 41.1 Å². The van der Waals surface area contributed by atoms with Gasteiger partial charge in [-0.25, -0.2) is 9.67 Å². The fourth-order valence-corrected chi connectivity index (χ4v) is 4.87. The summed E-state index contributed by atoms with van der Waals surface area (Å²) in [7, 11) is 0. The third-order valence-corrected chi connectivity index (χ3v) is 7.03. The molecule has 0 radical (unpaired) electrons. The predicted octanol–water partition coefficient (Wildman–Crippen LogP) is 5.72. The Morgan fingerprint density at radius 2 is 1.91 bits per heavy atom. The van der Waals surface area contributed by atoms with Crippen LogP contribution in [0.5, 0.6) is 5.75 Å². The zero-order chi connectivity index (χ0) is 22.5. The van der Waals surface area contributed by atoms with Gasteiger partial charge in [0.1, 0.15) is 21.9 Å². The number of carbonyl (C=O) groups excluding carboxylic acids is 1. The highest BCUT2D eigenvalue weighted by atomic mass is 32.1. The minimum absolute atomic E-state index is 0.125. The predicted molar refractivity (Wildman–Crippen MR) is 125 cm³/mol. The molecule has 0 fully saturated rings. The van der Waals surface area contributed by atoms with Crippen molar-refractivity contribution in [2.24, 2.45) is 0 Å². The fourth-order valence-electron chi connectivity index (χ4n) is 4.19. The number of hydrogen-bond acceptors (Lipinski definition) is 7. The van der Waals surface area contributed by atoms with Crippen LogP contribution in [0.1, 0.15) is 63.4 Å². The molecule has 7 nitrogen and oxygen atoms in total. The molecule has 0 saturated heterocycles. The maximum Gasteiger partial charge on any atom is 0.173 e. The summed E-state index contributed by atoms with van der Waals surface area (Å²) in [6, 6.07) is 11.9. The summed E-state index contributed by atoms with van der Waals surface area (Å²) in [6.45, 7) is 8.30. The number of hydrogen-bond donors (Lipinski definition) is 0. The second-order valence-corrected chi connectivity index (χ2v) is 9.31. The van der Waals surface area contributed by atoms with Gasteiger partial charge in [0.25, 0.3) is 0 Å². The van der Waals surface area contributed by atoms with Crippen molar-refractivity contribution in [2.45, 2.75) is 58.6 Å². The fraction of sp³-hybridized carbons (Fsp3) is 0.375. The highest BCUT2D eigenvalue weighted by Gasteiger charge is 2.37. The maximum atomic E-state index is 12.9. The number of fused-ring (bicyclic) bond motifs is 2. The lowest BCUT2D eigenvalue weighted by Gasteiger charge is -2.36. The molecule has 32 heavy (non-hydrogen) atoms. The normalized spacial score (nSPS) is 15.2. The largest absolute Gasteiger partial charge is 0.486 e. The van der Waals surface area contributed by atoms with E-state index >= 15 is 0 Å². The highest BCUT2D eigenvalue weighted by molar-refractivity contribution is 7.09. The number of rotatable bonds is 5. The second-order valence-electron chi connectivity index (χ2n) is 8.56. The lowest BCUT2D eigenvalue weighted by molar-refractivity contribution is 0.0350. The van der Waals surface area contributed by atoms with E-state index in [0.717, 1.165) is 40.0 Å². The first-order chi connectivity index (χ1) is 15.4. The molecule has 3 heterocycles. The Bertz CT molecular complexity index is 1320. The van der Waals surface area contributed by atoms with Crippen molar-refractivity contribution < 1.29 is 9.53 Å². The molecule has 0 unspecified atom stereocenters. The van der Waals surface area contributed by atoms with Gasteiger partial charge >= 0.3 is 0 Å². The molecule has 0 amide bonds. The molecule has 8 heteroatoms. The van der Waals surface area contributed by atoms with E-state index in [9.17, 15) is 4.79 Å². The minimum atomic E-state index is -0.391. The molecule has 0 spiro atoms.